The van der Waals surface area contributed by atoms with Crippen molar-refractivity contribution in [1.29, 1.82) is 0 Å². The van der Waals surface area contributed by atoms with Crippen LogP contribution < -0.4 is 0 Å². The van der Waals surface area contributed by atoms with Gasteiger partial charge < -0.3 is 33.8 Å². The molecule has 0 amide bonds. The average molecular weight is 1230 g/mol. The van der Waals surface area contributed by atoms with Crippen LogP contribution in [0.3, 0.4) is 0 Å². The lowest BCUT2D eigenvalue weighted by atomic mass is 9.99. The Labute approximate surface area is 505 Å². The van der Waals surface area contributed by atoms with Crippen LogP contribution in [0.5, 0.6) is 0 Å². The summed E-state index contributed by atoms with van der Waals surface area (Å²) in [4.78, 5) is 72.2. The van der Waals surface area contributed by atoms with Crippen LogP contribution in [0, 0.1) is 23.7 Å². The molecule has 83 heavy (non-hydrogen) atoms. The zero-order valence-corrected chi connectivity index (χ0v) is 55.6. The van der Waals surface area contributed by atoms with E-state index in [2.05, 4.69) is 55.4 Å². The highest BCUT2D eigenvalue weighted by Gasteiger charge is 2.30. The van der Waals surface area contributed by atoms with E-state index in [1.165, 1.54) is 96.3 Å². The van der Waals surface area contributed by atoms with Crippen molar-refractivity contribution in [1.82, 2.24) is 0 Å². The molecule has 0 aromatic rings. The highest BCUT2D eigenvalue weighted by atomic mass is 31.2. The largest absolute Gasteiger partial charge is 0.472 e. The summed E-state index contributed by atoms with van der Waals surface area (Å²) in [5, 5.41) is 10.5. The minimum Gasteiger partial charge on any atom is -0.462 e. The minimum absolute atomic E-state index is 0.103. The van der Waals surface area contributed by atoms with E-state index < -0.39 is 97.5 Å². The molecule has 0 aliphatic rings. The lowest BCUT2D eigenvalue weighted by molar-refractivity contribution is -0.161. The first-order valence-electron chi connectivity index (χ1n) is 33.2. The Hall–Kier alpha value is -1.94. The second kappa shape index (κ2) is 54.2. The zero-order valence-electron chi connectivity index (χ0n) is 53.8. The van der Waals surface area contributed by atoms with Crippen LogP contribution in [0.4, 0.5) is 0 Å². The quantitative estimate of drug-likeness (QED) is 0.0222. The lowest BCUT2D eigenvalue weighted by Crippen LogP contribution is -2.30. The Morgan fingerprint density at radius 3 is 0.855 bits per heavy atom. The van der Waals surface area contributed by atoms with Crippen LogP contribution in [-0.4, -0.2) is 96.7 Å². The number of hydrogen-bond acceptors (Lipinski definition) is 15. The number of rotatable bonds is 61. The van der Waals surface area contributed by atoms with Gasteiger partial charge >= 0.3 is 39.5 Å². The maximum atomic E-state index is 13.0. The fourth-order valence-corrected chi connectivity index (χ4v) is 11.0. The fourth-order valence-electron chi connectivity index (χ4n) is 9.40. The Bertz CT molecular complexity index is 1660. The molecular weight excluding hydrogens is 1100 g/mol. The minimum atomic E-state index is -4.95. The first kappa shape index (κ1) is 81.1. The van der Waals surface area contributed by atoms with E-state index in [4.69, 9.17) is 37.0 Å². The molecule has 17 nitrogen and oxygen atoms in total. The van der Waals surface area contributed by atoms with Crippen LogP contribution in [0.15, 0.2) is 0 Å². The lowest BCUT2D eigenvalue weighted by Gasteiger charge is -2.21. The van der Waals surface area contributed by atoms with Crippen molar-refractivity contribution in [2.24, 2.45) is 23.7 Å². The van der Waals surface area contributed by atoms with E-state index in [1.54, 1.807) is 0 Å². The van der Waals surface area contributed by atoms with Crippen molar-refractivity contribution in [2.45, 2.75) is 324 Å². The predicted molar refractivity (Wildman–Crippen MR) is 331 cm³/mol. The van der Waals surface area contributed by atoms with Crippen LogP contribution in [0.25, 0.3) is 0 Å². The summed E-state index contributed by atoms with van der Waals surface area (Å²) in [6.07, 6.45) is 33.6. The SMILES string of the molecule is CCC(C)CCCCCCCCCCC(=O)O[C@H](COC(=O)CCCCCCCCCC(C)C)COP(=O)(O)OC[C@@H](O)COP(=O)(O)OC[C@@H](COC(=O)CCCCCCCCC(C)C)OC(=O)CCCCCCCCCCCC(C)C. The van der Waals surface area contributed by atoms with Crippen LogP contribution in [-0.2, 0) is 65.4 Å². The Kier molecular flexibility index (Phi) is 53.0. The second-order valence-corrected chi connectivity index (χ2v) is 27.7. The number of hydrogen-bond donors (Lipinski definition) is 3. The highest BCUT2D eigenvalue weighted by molar-refractivity contribution is 7.47. The topological polar surface area (TPSA) is 237 Å². The van der Waals surface area contributed by atoms with Gasteiger partial charge in [-0.2, -0.15) is 0 Å². The third-order valence-electron chi connectivity index (χ3n) is 14.9. The van der Waals surface area contributed by atoms with Gasteiger partial charge in [-0.15, -0.1) is 0 Å². The van der Waals surface area contributed by atoms with Gasteiger partial charge in [0.1, 0.15) is 19.3 Å². The Morgan fingerprint density at radius 1 is 0.337 bits per heavy atom. The van der Waals surface area contributed by atoms with E-state index in [9.17, 15) is 43.2 Å². The molecule has 0 spiro atoms. The molecule has 492 valence electrons. The van der Waals surface area contributed by atoms with Gasteiger partial charge in [-0.05, 0) is 49.4 Å². The predicted octanol–water partition coefficient (Wildman–Crippen LogP) is 17.4. The molecule has 0 aromatic heterocycles. The second-order valence-electron chi connectivity index (χ2n) is 24.8. The molecule has 0 heterocycles. The molecule has 0 saturated carbocycles. The molecule has 0 radical (unpaired) electrons. The first-order chi connectivity index (χ1) is 39.6. The zero-order chi connectivity index (χ0) is 61.8. The molecule has 0 aliphatic heterocycles. The third-order valence-corrected chi connectivity index (χ3v) is 16.8. The number of unbranched alkanes of at least 4 members (excludes halogenated alkanes) is 26. The van der Waals surface area contributed by atoms with Gasteiger partial charge in [0, 0.05) is 25.7 Å². The molecule has 0 saturated heterocycles. The number of carbonyl (C=O) groups is 4. The molecule has 0 bridgehead atoms. The van der Waals surface area contributed by atoms with Gasteiger partial charge in [-0.3, -0.25) is 37.3 Å². The Balaban J connectivity index is 5.26. The molecule has 0 aliphatic carbocycles. The Morgan fingerprint density at radius 2 is 0.578 bits per heavy atom. The summed E-state index contributed by atoms with van der Waals surface area (Å²) >= 11 is 0. The molecule has 3 N–H and O–H groups in total. The summed E-state index contributed by atoms with van der Waals surface area (Å²) in [6.45, 7) is 13.9. The average Bonchev–Trinajstić information content (AvgIpc) is 3.45. The molecule has 0 aromatic carbocycles. The summed E-state index contributed by atoms with van der Waals surface area (Å²) in [5.74, 6) is 0.748. The number of esters is 4. The highest BCUT2D eigenvalue weighted by Crippen LogP contribution is 2.45. The van der Waals surface area contributed by atoms with Crippen molar-refractivity contribution < 1.29 is 80.2 Å². The van der Waals surface area contributed by atoms with Crippen molar-refractivity contribution in [2.75, 3.05) is 39.6 Å². The standard InChI is InChI=1S/C64H124O17P2/c1-9-57(8)43-35-27-18-13-14-20-31-39-47-64(69)81-59(50-74-61(66)44-36-28-21-15-17-25-33-41-55(4)5)52-78-82(70,71)76-48-58(65)49-77-83(72,73)79-53-60(51-75-62(67)45-37-29-23-22-26-34-42-56(6)7)80-63(68)46-38-30-19-12-10-11-16-24-32-40-54(2)3/h54-60,65H,9-53H2,1-8H3,(H,70,71)(H,72,73)/t57?,58-,59-,60-/m1/s1. The molecule has 6 atom stereocenters. The maximum Gasteiger partial charge on any atom is 0.472 e. The molecular formula is C64H124O17P2. The van der Waals surface area contributed by atoms with E-state index in [1.807, 2.05) is 0 Å². The third kappa shape index (κ3) is 57.6. The van der Waals surface area contributed by atoms with Gasteiger partial charge in [0.2, 0.25) is 0 Å². The normalized spacial score (nSPS) is 14.8. The number of aliphatic hydroxyl groups excluding tert-OH is 1. The summed E-state index contributed by atoms with van der Waals surface area (Å²) < 4.78 is 68.0. The van der Waals surface area contributed by atoms with Crippen LogP contribution >= 0.6 is 15.6 Å². The number of phosphoric ester groups is 2. The van der Waals surface area contributed by atoms with Crippen molar-refractivity contribution in [3.8, 4) is 0 Å². The number of phosphoric acid groups is 2. The van der Waals surface area contributed by atoms with Gasteiger partial charge in [0.25, 0.3) is 0 Å². The van der Waals surface area contributed by atoms with Gasteiger partial charge in [0.05, 0.1) is 26.4 Å². The van der Waals surface area contributed by atoms with Crippen LogP contribution in [0.2, 0.25) is 0 Å². The number of ether oxygens (including phenoxy) is 4. The van der Waals surface area contributed by atoms with Gasteiger partial charge in [-0.25, -0.2) is 9.13 Å². The smallest absolute Gasteiger partial charge is 0.462 e. The first-order valence-corrected chi connectivity index (χ1v) is 36.2. The summed E-state index contributed by atoms with van der Waals surface area (Å²) in [6, 6.07) is 0. The van der Waals surface area contributed by atoms with E-state index in [0.29, 0.717) is 37.5 Å². The van der Waals surface area contributed by atoms with E-state index in [0.717, 1.165) is 115 Å². The molecule has 3 unspecified atom stereocenters. The fraction of sp³-hybridized carbons (Fsp3) is 0.938. The molecule has 19 heteroatoms. The van der Waals surface area contributed by atoms with Crippen LogP contribution in [0.1, 0.15) is 306 Å². The molecule has 0 rings (SSSR count). The molecule has 0 fully saturated rings. The van der Waals surface area contributed by atoms with Gasteiger partial charge in [0.15, 0.2) is 12.2 Å². The van der Waals surface area contributed by atoms with Crippen molar-refractivity contribution in [3.05, 3.63) is 0 Å². The maximum absolute atomic E-state index is 13.0. The summed E-state index contributed by atoms with van der Waals surface area (Å²) in [7, 11) is -9.89. The van der Waals surface area contributed by atoms with Gasteiger partial charge in [-0.1, -0.05) is 254 Å². The number of aliphatic hydroxyl groups is 1. The summed E-state index contributed by atoms with van der Waals surface area (Å²) in [5.41, 5.74) is 0. The van der Waals surface area contributed by atoms with E-state index in [-0.39, 0.29) is 25.7 Å². The van der Waals surface area contributed by atoms with Crippen molar-refractivity contribution in [3.63, 3.8) is 0 Å². The number of carbonyl (C=O) groups excluding carboxylic acids is 4. The van der Waals surface area contributed by atoms with Crippen molar-refractivity contribution >= 4 is 39.5 Å². The van der Waals surface area contributed by atoms with E-state index >= 15 is 0 Å². The monoisotopic (exact) mass is 1230 g/mol.